The van der Waals surface area contributed by atoms with Crippen molar-refractivity contribution >= 4 is 15.9 Å². The summed E-state index contributed by atoms with van der Waals surface area (Å²) in [7, 11) is 0. The van der Waals surface area contributed by atoms with Crippen LogP contribution in [-0.4, -0.2) is 0 Å². The minimum atomic E-state index is 1.24. The van der Waals surface area contributed by atoms with Crippen LogP contribution in [0, 0.1) is 0 Å². The average Bonchev–Trinajstić information content (AvgIpc) is 2.50. The fraction of sp³-hybridized carbons (Fsp3) is 0.900. The van der Waals surface area contributed by atoms with Gasteiger partial charge in [-0.1, -0.05) is 125 Å². The van der Waals surface area contributed by atoms with Crippen LogP contribution in [0.4, 0.5) is 0 Å². The molecule has 0 aliphatic carbocycles. The van der Waals surface area contributed by atoms with Gasteiger partial charge in [0.25, 0.3) is 0 Å². The third kappa shape index (κ3) is 20.2. The van der Waals surface area contributed by atoms with E-state index in [1.165, 1.54) is 109 Å². The van der Waals surface area contributed by atoms with Crippen LogP contribution in [0.25, 0.3) is 0 Å². The zero-order valence-corrected chi connectivity index (χ0v) is 16.1. The Morgan fingerprint density at radius 1 is 0.524 bits per heavy atom. The minimum absolute atomic E-state index is 1.24. The second kappa shape index (κ2) is 20.2. The maximum absolute atomic E-state index is 3.32. The fourth-order valence-corrected chi connectivity index (χ4v) is 3.14. The SMILES string of the molecule is CCCCCCCCCCCCCCCCCCC=CBr. The van der Waals surface area contributed by atoms with Gasteiger partial charge in [-0.3, -0.25) is 0 Å². The molecule has 0 aliphatic rings. The summed E-state index contributed by atoms with van der Waals surface area (Å²) in [5, 5.41) is 0. The Morgan fingerprint density at radius 3 is 1.19 bits per heavy atom. The first-order valence-corrected chi connectivity index (χ1v) is 10.6. The molecule has 0 rings (SSSR count). The van der Waals surface area contributed by atoms with Crippen molar-refractivity contribution in [3.05, 3.63) is 11.1 Å². The molecule has 0 spiro atoms. The largest absolute Gasteiger partial charge is 0.0776 e. The van der Waals surface area contributed by atoms with Gasteiger partial charge in [0.15, 0.2) is 0 Å². The summed E-state index contributed by atoms with van der Waals surface area (Å²) in [5.74, 6) is 0. The van der Waals surface area contributed by atoms with Crippen LogP contribution in [-0.2, 0) is 0 Å². The van der Waals surface area contributed by atoms with Crippen molar-refractivity contribution < 1.29 is 0 Å². The van der Waals surface area contributed by atoms with Gasteiger partial charge in [0.2, 0.25) is 0 Å². The number of hydrogen-bond acceptors (Lipinski definition) is 0. The Bertz CT molecular complexity index is 198. The molecule has 0 heterocycles. The molecular weight excluding hydrogens is 320 g/mol. The number of unbranched alkanes of at least 4 members (excludes halogenated alkanes) is 16. The van der Waals surface area contributed by atoms with E-state index in [0.29, 0.717) is 0 Å². The first-order chi connectivity index (χ1) is 10.4. The van der Waals surface area contributed by atoms with Crippen LogP contribution >= 0.6 is 15.9 Å². The molecule has 0 radical (unpaired) electrons. The van der Waals surface area contributed by atoms with Crippen molar-refractivity contribution in [2.45, 2.75) is 116 Å². The molecule has 1 heteroatoms. The summed E-state index contributed by atoms with van der Waals surface area (Å²) in [4.78, 5) is 1.98. The molecule has 0 N–H and O–H groups in total. The van der Waals surface area contributed by atoms with E-state index in [1.807, 2.05) is 4.99 Å². The van der Waals surface area contributed by atoms with E-state index in [1.54, 1.807) is 0 Å². The van der Waals surface area contributed by atoms with Gasteiger partial charge in [0, 0.05) is 0 Å². The van der Waals surface area contributed by atoms with Gasteiger partial charge >= 0.3 is 0 Å². The molecule has 0 unspecified atom stereocenters. The summed E-state index contributed by atoms with van der Waals surface area (Å²) in [6.07, 6.45) is 26.7. The van der Waals surface area contributed by atoms with Crippen molar-refractivity contribution in [2.75, 3.05) is 0 Å². The number of allylic oxidation sites excluding steroid dienone is 1. The Hall–Kier alpha value is 0.220. The van der Waals surface area contributed by atoms with Crippen molar-refractivity contribution in [3.63, 3.8) is 0 Å². The lowest BCUT2D eigenvalue weighted by Gasteiger charge is -2.03. The number of hydrogen-bond donors (Lipinski definition) is 0. The zero-order chi connectivity index (χ0) is 15.4. The Balaban J connectivity index is 2.93. The molecule has 0 aromatic rings. The van der Waals surface area contributed by atoms with Gasteiger partial charge in [0.1, 0.15) is 0 Å². The number of rotatable bonds is 17. The fourth-order valence-electron chi connectivity index (χ4n) is 2.87. The van der Waals surface area contributed by atoms with E-state index in [2.05, 4.69) is 28.9 Å². The standard InChI is InChI=1S/C20H39Br/c1-2-3-4-5-6-7-8-9-10-11-12-13-14-15-16-17-18-19-20-21/h19-20H,2-18H2,1H3. The third-order valence-electron chi connectivity index (χ3n) is 4.31. The number of halogens is 1. The van der Waals surface area contributed by atoms with E-state index in [4.69, 9.17) is 0 Å². The van der Waals surface area contributed by atoms with Crippen LogP contribution in [0.5, 0.6) is 0 Å². The van der Waals surface area contributed by atoms with E-state index in [0.717, 1.165) is 0 Å². The van der Waals surface area contributed by atoms with Crippen LogP contribution < -0.4 is 0 Å². The van der Waals surface area contributed by atoms with Crippen LogP contribution in [0.3, 0.4) is 0 Å². The highest BCUT2D eigenvalue weighted by atomic mass is 79.9. The molecule has 0 bridgehead atoms. The first kappa shape index (κ1) is 21.2. The van der Waals surface area contributed by atoms with Crippen molar-refractivity contribution in [2.24, 2.45) is 0 Å². The molecule has 0 amide bonds. The lowest BCUT2D eigenvalue weighted by Crippen LogP contribution is -1.83. The second-order valence-electron chi connectivity index (χ2n) is 6.45. The van der Waals surface area contributed by atoms with Crippen LogP contribution in [0.2, 0.25) is 0 Å². The highest BCUT2D eigenvalue weighted by molar-refractivity contribution is 9.11. The topological polar surface area (TPSA) is 0 Å². The summed E-state index contributed by atoms with van der Waals surface area (Å²) in [6.45, 7) is 2.29. The van der Waals surface area contributed by atoms with Crippen molar-refractivity contribution in [3.8, 4) is 0 Å². The smallest absolute Gasteiger partial charge is 0.0229 e. The van der Waals surface area contributed by atoms with Gasteiger partial charge in [0.05, 0.1) is 0 Å². The van der Waals surface area contributed by atoms with Crippen molar-refractivity contribution in [1.29, 1.82) is 0 Å². The highest BCUT2D eigenvalue weighted by Gasteiger charge is 1.94. The van der Waals surface area contributed by atoms with Crippen LogP contribution in [0.1, 0.15) is 116 Å². The van der Waals surface area contributed by atoms with E-state index in [9.17, 15) is 0 Å². The van der Waals surface area contributed by atoms with E-state index < -0.39 is 0 Å². The zero-order valence-electron chi connectivity index (χ0n) is 14.6. The van der Waals surface area contributed by atoms with Crippen LogP contribution in [0.15, 0.2) is 11.1 Å². The third-order valence-corrected chi connectivity index (χ3v) is 4.69. The van der Waals surface area contributed by atoms with Gasteiger partial charge in [-0.2, -0.15) is 0 Å². The van der Waals surface area contributed by atoms with Gasteiger partial charge in [-0.05, 0) is 17.8 Å². The molecule has 0 aromatic carbocycles. The molecule has 0 nitrogen and oxygen atoms in total. The molecule has 0 aliphatic heterocycles. The normalized spacial score (nSPS) is 11.5. The molecule has 21 heavy (non-hydrogen) atoms. The predicted molar refractivity (Wildman–Crippen MR) is 102 cm³/mol. The Labute approximate surface area is 143 Å². The van der Waals surface area contributed by atoms with Gasteiger partial charge in [-0.25, -0.2) is 0 Å². The molecule has 0 saturated carbocycles. The Kier molecular flexibility index (Phi) is 20.4. The summed E-state index contributed by atoms with van der Waals surface area (Å²) in [6, 6.07) is 0. The van der Waals surface area contributed by atoms with Gasteiger partial charge < -0.3 is 0 Å². The summed E-state index contributed by atoms with van der Waals surface area (Å²) < 4.78 is 0. The maximum Gasteiger partial charge on any atom is -0.0229 e. The molecule has 0 saturated heterocycles. The van der Waals surface area contributed by atoms with Gasteiger partial charge in [-0.15, -0.1) is 0 Å². The average molecular weight is 359 g/mol. The predicted octanol–water partition coefficient (Wildman–Crippen LogP) is 8.55. The molecule has 0 fully saturated rings. The quantitative estimate of drug-likeness (QED) is 0.228. The van der Waals surface area contributed by atoms with E-state index in [-0.39, 0.29) is 0 Å². The lowest BCUT2D eigenvalue weighted by molar-refractivity contribution is 0.530. The summed E-state index contributed by atoms with van der Waals surface area (Å²) in [5.41, 5.74) is 0. The van der Waals surface area contributed by atoms with Crippen molar-refractivity contribution in [1.82, 2.24) is 0 Å². The first-order valence-electron chi connectivity index (χ1n) is 9.67. The monoisotopic (exact) mass is 358 g/mol. The van der Waals surface area contributed by atoms with E-state index >= 15 is 0 Å². The molecule has 126 valence electrons. The molecular formula is C20H39Br. The highest BCUT2D eigenvalue weighted by Crippen LogP contribution is 2.14. The molecule has 0 atom stereocenters. The Morgan fingerprint density at radius 2 is 0.857 bits per heavy atom. The maximum atomic E-state index is 3.32. The summed E-state index contributed by atoms with van der Waals surface area (Å²) >= 11 is 3.32. The second-order valence-corrected chi connectivity index (χ2v) is 6.98. The lowest BCUT2D eigenvalue weighted by atomic mass is 10.0. The molecule has 0 aromatic heterocycles. The minimum Gasteiger partial charge on any atom is -0.0776 e.